The summed E-state index contributed by atoms with van der Waals surface area (Å²) < 4.78 is 4.02. The molecule has 0 saturated carbocycles. The monoisotopic (exact) mass is 356 g/mol. The van der Waals surface area contributed by atoms with Crippen LogP contribution in [0, 0.1) is 0 Å². The molecule has 0 radical (unpaired) electrons. The lowest BCUT2D eigenvalue weighted by Crippen LogP contribution is -2.21. The van der Waals surface area contributed by atoms with Gasteiger partial charge in [-0.15, -0.1) is 0 Å². The van der Waals surface area contributed by atoms with Gasteiger partial charge in [0, 0.05) is 36.8 Å². The number of aromatic nitrogens is 4. The van der Waals surface area contributed by atoms with E-state index >= 15 is 0 Å². The Hall–Kier alpha value is -3.18. The molecule has 2 heterocycles. The number of rotatable bonds is 4. The third-order valence-electron chi connectivity index (χ3n) is 5.29. The Morgan fingerprint density at radius 1 is 0.963 bits per heavy atom. The van der Waals surface area contributed by atoms with E-state index in [4.69, 9.17) is 0 Å². The largest absolute Gasteiger partial charge is 0.390 e. The molecule has 27 heavy (non-hydrogen) atoms. The fourth-order valence-electron chi connectivity index (χ4n) is 4.08. The highest BCUT2D eigenvalue weighted by molar-refractivity contribution is 5.61. The highest BCUT2D eigenvalue weighted by Crippen LogP contribution is 2.37. The van der Waals surface area contributed by atoms with E-state index in [9.17, 15) is 5.11 Å². The topological polar surface area (TPSA) is 55.9 Å². The maximum absolute atomic E-state index is 10.8. The molecule has 0 unspecified atom stereocenters. The molecule has 0 bridgehead atoms. The fraction of sp³-hybridized carbons (Fsp3) is 0.182. The van der Waals surface area contributed by atoms with Gasteiger partial charge in [0.1, 0.15) is 5.82 Å². The molecule has 1 aliphatic rings. The van der Waals surface area contributed by atoms with Gasteiger partial charge in [0.25, 0.3) is 0 Å². The molecule has 2 aromatic carbocycles. The molecule has 1 aliphatic carbocycles. The summed E-state index contributed by atoms with van der Waals surface area (Å²) in [6, 6.07) is 18.3. The standard InChI is InChI=1S/C22H20N4O/c27-20-14-16-6-1-3-8-18(16)21(20)26-13-11-23-22(26)19-9-4-2-7-17(19)15-25-12-5-10-24-25/h1-13,20-21,27H,14-15H2/t20-,21+/m0/s1. The number of aliphatic hydroxyl groups excluding tert-OH is 1. The average Bonchev–Trinajstić information content (AvgIpc) is 3.41. The molecule has 2 aromatic heterocycles. The van der Waals surface area contributed by atoms with Gasteiger partial charge in [0.05, 0.1) is 18.7 Å². The Bertz CT molecular complexity index is 1070. The highest BCUT2D eigenvalue weighted by atomic mass is 16.3. The second kappa shape index (κ2) is 6.52. The van der Waals surface area contributed by atoms with E-state index in [1.807, 2.05) is 53.6 Å². The van der Waals surface area contributed by atoms with Crippen LogP contribution in [0.2, 0.25) is 0 Å². The van der Waals surface area contributed by atoms with Crippen LogP contribution in [0.25, 0.3) is 11.4 Å². The number of hydrogen-bond donors (Lipinski definition) is 1. The van der Waals surface area contributed by atoms with Gasteiger partial charge in [-0.1, -0.05) is 48.5 Å². The molecule has 0 aliphatic heterocycles. The van der Waals surface area contributed by atoms with Crippen LogP contribution in [-0.4, -0.2) is 30.5 Å². The summed E-state index contributed by atoms with van der Waals surface area (Å²) in [6.07, 6.45) is 7.75. The first-order valence-electron chi connectivity index (χ1n) is 9.15. The SMILES string of the molecule is O[C@H]1Cc2ccccc2[C@H]1n1ccnc1-c1ccccc1Cn1cccn1. The lowest BCUT2D eigenvalue weighted by atomic mass is 10.0. The second-order valence-corrected chi connectivity index (χ2v) is 6.93. The van der Waals surface area contributed by atoms with Crippen LogP contribution in [0.5, 0.6) is 0 Å². The third kappa shape index (κ3) is 2.76. The minimum absolute atomic E-state index is 0.114. The van der Waals surface area contributed by atoms with Gasteiger partial charge in [-0.05, 0) is 22.8 Å². The smallest absolute Gasteiger partial charge is 0.140 e. The van der Waals surface area contributed by atoms with Crippen LogP contribution in [0.4, 0.5) is 0 Å². The number of aliphatic hydroxyl groups is 1. The van der Waals surface area contributed by atoms with Crippen LogP contribution in [0.15, 0.2) is 79.4 Å². The maximum Gasteiger partial charge on any atom is 0.140 e. The highest BCUT2D eigenvalue weighted by Gasteiger charge is 2.33. The van der Waals surface area contributed by atoms with Gasteiger partial charge in [-0.25, -0.2) is 4.98 Å². The van der Waals surface area contributed by atoms with Crippen molar-refractivity contribution in [3.8, 4) is 11.4 Å². The summed E-state index contributed by atoms with van der Waals surface area (Å²) in [5.41, 5.74) is 4.59. The number of nitrogens with zero attached hydrogens (tertiary/aromatic N) is 4. The summed E-state index contributed by atoms with van der Waals surface area (Å²) >= 11 is 0. The number of imidazole rings is 1. The van der Waals surface area contributed by atoms with E-state index in [0.717, 1.165) is 17.0 Å². The van der Waals surface area contributed by atoms with E-state index in [0.29, 0.717) is 13.0 Å². The Kier molecular flexibility index (Phi) is 3.87. The Labute approximate surface area is 157 Å². The van der Waals surface area contributed by atoms with Gasteiger partial charge < -0.3 is 9.67 Å². The van der Waals surface area contributed by atoms with Gasteiger partial charge >= 0.3 is 0 Å². The molecule has 1 N–H and O–H groups in total. The van der Waals surface area contributed by atoms with Crippen LogP contribution < -0.4 is 0 Å². The summed E-state index contributed by atoms with van der Waals surface area (Å²) in [4.78, 5) is 4.65. The lowest BCUT2D eigenvalue weighted by molar-refractivity contribution is 0.145. The predicted octanol–water partition coefficient (Wildman–Crippen LogP) is 3.30. The first-order chi connectivity index (χ1) is 13.3. The van der Waals surface area contributed by atoms with E-state index < -0.39 is 6.10 Å². The van der Waals surface area contributed by atoms with Crippen molar-refractivity contribution < 1.29 is 5.11 Å². The number of benzene rings is 2. The molecular weight excluding hydrogens is 336 g/mol. The van der Waals surface area contributed by atoms with E-state index in [2.05, 4.69) is 38.9 Å². The first-order valence-corrected chi connectivity index (χ1v) is 9.15. The number of hydrogen-bond acceptors (Lipinski definition) is 3. The zero-order valence-corrected chi connectivity index (χ0v) is 14.8. The predicted molar refractivity (Wildman–Crippen MR) is 103 cm³/mol. The van der Waals surface area contributed by atoms with Gasteiger partial charge in [0.2, 0.25) is 0 Å². The van der Waals surface area contributed by atoms with Crippen molar-refractivity contribution in [3.05, 3.63) is 96.1 Å². The Morgan fingerprint density at radius 3 is 2.70 bits per heavy atom. The maximum atomic E-state index is 10.8. The van der Waals surface area contributed by atoms with Crippen molar-refractivity contribution in [1.82, 2.24) is 19.3 Å². The van der Waals surface area contributed by atoms with Crippen LogP contribution in [0.1, 0.15) is 22.7 Å². The molecule has 134 valence electrons. The molecule has 0 saturated heterocycles. The summed E-state index contributed by atoms with van der Waals surface area (Å²) in [7, 11) is 0. The van der Waals surface area contributed by atoms with Crippen LogP contribution >= 0.6 is 0 Å². The van der Waals surface area contributed by atoms with Crippen molar-refractivity contribution in [1.29, 1.82) is 0 Å². The fourth-order valence-corrected chi connectivity index (χ4v) is 4.08. The molecule has 5 heteroatoms. The Balaban J connectivity index is 1.59. The number of fused-ring (bicyclic) bond motifs is 1. The summed E-state index contributed by atoms with van der Waals surface area (Å²) in [5, 5.41) is 15.1. The van der Waals surface area contributed by atoms with E-state index in [1.165, 1.54) is 11.1 Å². The van der Waals surface area contributed by atoms with Crippen molar-refractivity contribution >= 4 is 0 Å². The minimum Gasteiger partial charge on any atom is -0.390 e. The molecular formula is C22H20N4O. The quantitative estimate of drug-likeness (QED) is 0.610. The molecule has 2 atom stereocenters. The summed E-state index contributed by atoms with van der Waals surface area (Å²) in [6.45, 7) is 0.680. The van der Waals surface area contributed by atoms with Crippen LogP contribution in [-0.2, 0) is 13.0 Å². The molecule has 0 amide bonds. The van der Waals surface area contributed by atoms with Crippen molar-refractivity contribution in [2.24, 2.45) is 0 Å². The van der Waals surface area contributed by atoms with E-state index in [-0.39, 0.29) is 6.04 Å². The van der Waals surface area contributed by atoms with Crippen molar-refractivity contribution in [2.75, 3.05) is 0 Å². The minimum atomic E-state index is -0.450. The Morgan fingerprint density at radius 2 is 1.81 bits per heavy atom. The van der Waals surface area contributed by atoms with Gasteiger partial charge in [0.15, 0.2) is 0 Å². The van der Waals surface area contributed by atoms with Crippen molar-refractivity contribution in [2.45, 2.75) is 25.1 Å². The zero-order valence-electron chi connectivity index (χ0n) is 14.8. The molecule has 4 aromatic rings. The molecule has 5 nitrogen and oxygen atoms in total. The first kappa shape index (κ1) is 16.0. The molecule has 0 spiro atoms. The molecule has 0 fully saturated rings. The normalized spacial score (nSPS) is 18.6. The van der Waals surface area contributed by atoms with Gasteiger partial charge in [-0.3, -0.25) is 4.68 Å². The van der Waals surface area contributed by atoms with Crippen molar-refractivity contribution in [3.63, 3.8) is 0 Å². The van der Waals surface area contributed by atoms with Crippen LogP contribution in [0.3, 0.4) is 0 Å². The van der Waals surface area contributed by atoms with E-state index in [1.54, 1.807) is 6.20 Å². The third-order valence-corrected chi connectivity index (χ3v) is 5.29. The zero-order chi connectivity index (χ0) is 18.2. The summed E-state index contributed by atoms with van der Waals surface area (Å²) in [5.74, 6) is 0.874. The average molecular weight is 356 g/mol. The van der Waals surface area contributed by atoms with Gasteiger partial charge in [-0.2, -0.15) is 5.10 Å². The lowest BCUT2D eigenvalue weighted by Gasteiger charge is -2.21. The molecule has 5 rings (SSSR count). The second-order valence-electron chi connectivity index (χ2n) is 6.93.